The molecule has 4 aromatic rings. The molecule has 4 aromatic heterocycles. The van der Waals surface area contributed by atoms with Gasteiger partial charge in [-0.15, -0.1) is 0 Å². The summed E-state index contributed by atoms with van der Waals surface area (Å²) in [5.41, 5.74) is 16.3. The molecule has 0 fully saturated rings. The summed E-state index contributed by atoms with van der Waals surface area (Å²) in [7, 11) is 0. The van der Waals surface area contributed by atoms with Crippen LogP contribution >= 0.6 is 0 Å². The van der Waals surface area contributed by atoms with Crippen LogP contribution in [0.3, 0.4) is 0 Å². The Labute approximate surface area is 184 Å². The zero-order valence-electron chi connectivity index (χ0n) is 17.2. The van der Waals surface area contributed by atoms with Crippen LogP contribution < -0.4 is 5.73 Å². The van der Waals surface area contributed by atoms with Crippen LogP contribution in [-0.4, -0.2) is 24.9 Å². The SMILES string of the molecule is NCc1cccnc1-c1cc2cc3ccc(cc4nc(cc5nc(cc1[nH]2)C=C5)C=C4)[nH]3. The quantitative estimate of drug-likeness (QED) is 0.362. The van der Waals surface area contributed by atoms with Gasteiger partial charge in [0, 0.05) is 34.9 Å². The molecule has 0 saturated heterocycles. The molecule has 6 nitrogen and oxygen atoms in total. The molecule has 0 atom stereocenters. The molecule has 6 heteroatoms. The first-order valence-electron chi connectivity index (χ1n) is 10.5. The monoisotopic (exact) mass is 416 g/mol. The summed E-state index contributed by atoms with van der Waals surface area (Å²) in [6.45, 7) is 0.421. The van der Waals surface area contributed by atoms with Crippen molar-refractivity contribution >= 4 is 46.4 Å². The van der Waals surface area contributed by atoms with Gasteiger partial charge in [-0.25, -0.2) is 9.97 Å². The van der Waals surface area contributed by atoms with Crippen molar-refractivity contribution in [2.45, 2.75) is 6.54 Å². The molecule has 0 aromatic carbocycles. The molecule has 0 radical (unpaired) electrons. The highest BCUT2D eigenvalue weighted by Gasteiger charge is 2.11. The van der Waals surface area contributed by atoms with Gasteiger partial charge in [-0.05, 0) is 78.4 Å². The van der Waals surface area contributed by atoms with E-state index in [0.29, 0.717) is 6.54 Å². The summed E-state index contributed by atoms with van der Waals surface area (Å²) in [5.74, 6) is 0. The van der Waals surface area contributed by atoms with Crippen LogP contribution in [0.15, 0.2) is 60.8 Å². The van der Waals surface area contributed by atoms with E-state index >= 15 is 0 Å². The summed E-state index contributed by atoms with van der Waals surface area (Å²) in [4.78, 5) is 21.0. The summed E-state index contributed by atoms with van der Waals surface area (Å²) in [6, 6.07) is 18.3. The molecule has 0 unspecified atom stereocenters. The van der Waals surface area contributed by atoms with E-state index in [1.807, 2.05) is 54.6 Å². The first kappa shape index (κ1) is 18.5. The largest absolute Gasteiger partial charge is 0.355 e. The minimum absolute atomic E-state index is 0.421. The summed E-state index contributed by atoms with van der Waals surface area (Å²) in [5, 5.41) is 0. The fraction of sp³-hybridized carbons (Fsp3) is 0.0385. The number of H-pyrrole nitrogens is 2. The van der Waals surface area contributed by atoms with Crippen molar-refractivity contribution in [1.29, 1.82) is 0 Å². The number of fused-ring (bicyclic) bond motifs is 8. The molecule has 0 aliphatic carbocycles. The molecule has 0 amide bonds. The Morgan fingerprint density at radius 3 is 2.12 bits per heavy atom. The van der Waals surface area contributed by atoms with Crippen LogP contribution in [0.2, 0.25) is 0 Å². The smallest absolute Gasteiger partial charge is 0.0768 e. The van der Waals surface area contributed by atoms with Crippen molar-refractivity contribution in [2.75, 3.05) is 0 Å². The number of hydrogen-bond donors (Lipinski definition) is 3. The summed E-state index contributed by atoms with van der Waals surface area (Å²) >= 11 is 0. The van der Waals surface area contributed by atoms with E-state index in [1.54, 1.807) is 6.20 Å². The Kier molecular flexibility index (Phi) is 4.30. The second kappa shape index (κ2) is 7.44. The number of nitrogens with one attached hydrogen (secondary N) is 2. The lowest BCUT2D eigenvalue weighted by molar-refractivity contribution is 1.05. The van der Waals surface area contributed by atoms with Gasteiger partial charge in [0.05, 0.1) is 34.0 Å². The third-order valence-electron chi connectivity index (χ3n) is 5.53. The third-order valence-corrected chi connectivity index (χ3v) is 5.53. The highest BCUT2D eigenvalue weighted by atomic mass is 14.8. The van der Waals surface area contributed by atoms with Gasteiger partial charge in [0.15, 0.2) is 0 Å². The van der Waals surface area contributed by atoms with Crippen molar-refractivity contribution in [3.8, 4) is 11.3 Å². The minimum Gasteiger partial charge on any atom is -0.355 e. The number of nitrogens with zero attached hydrogens (tertiary/aromatic N) is 3. The second-order valence-electron chi connectivity index (χ2n) is 7.80. The van der Waals surface area contributed by atoms with Gasteiger partial charge in [-0.2, -0.15) is 0 Å². The lowest BCUT2D eigenvalue weighted by atomic mass is 10.1. The van der Waals surface area contributed by atoms with Crippen molar-refractivity contribution in [3.05, 3.63) is 89.1 Å². The predicted octanol–water partition coefficient (Wildman–Crippen LogP) is 5.18. The molecule has 8 bridgehead atoms. The van der Waals surface area contributed by atoms with Crippen molar-refractivity contribution < 1.29 is 0 Å². The summed E-state index contributed by atoms with van der Waals surface area (Å²) < 4.78 is 0. The van der Waals surface area contributed by atoms with Gasteiger partial charge in [0.2, 0.25) is 0 Å². The molecular formula is C26H20N6. The van der Waals surface area contributed by atoms with Gasteiger partial charge in [0.1, 0.15) is 0 Å². The Hall–Kier alpha value is -4.29. The minimum atomic E-state index is 0.421. The highest BCUT2D eigenvalue weighted by Crippen LogP contribution is 2.28. The number of aromatic nitrogens is 5. The number of aromatic amines is 2. The fourth-order valence-corrected chi connectivity index (χ4v) is 4.06. The van der Waals surface area contributed by atoms with E-state index in [1.165, 1.54) is 0 Å². The van der Waals surface area contributed by atoms with Crippen LogP contribution in [0.4, 0.5) is 0 Å². The first-order valence-corrected chi connectivity index (χ1v) is 10.5. The van der Waals surface area contributed by atoms with Crippen molar-refractivity contribution in [3.63, 3.8) is 0 Å². The highest BCUT2D eigenvalue weighted by molar-refractivity contribution is 5.87. The van der Waals surface area contributed by atoms with Gasteiger partial charge in [0.25, 0.3) is 0 Å². The summed E-state index contributed by atoms with van der Waals surface area (Å²) in [6.07, 6.45) is 9.82. The van der Waals surface area contributed by atoms with Crippen molar-refractivity contribution in [1.82, 2.24) is 24.9 Å². The molecule has 2 aliphatic rings. The van der Waals surface area contributed by atoms with Crippen LogP contribution in [0.25, 0.3) is 57.6 Å². The average Bonchev–Trinajstić information content (AvgIpc) is 3.59. The molecule has 0 spiro atoms. The zero-order chi connectivity index (χ0) is 21.5. The average molecular weight is 416 g/mol. The molecule has 0 saturated carbocycles. The van der Waals surface area contributed by atoms with Crippen LogP contribution in [0.1, 0.15) is 28.3 Å². The normalized spacial score (nSPS) is 12.4. The standard InChI is InChI=1S/C26H20N6/c27-15-16-2-1-9-28-26(16)24-13-23-12-21-6-5-19(30-21)10-17-3-4-18(29-17)11-20-7-8-22(31-20)14-25(24)32-23/h1-14,30,32H,15,27H2. The molecule has 32 heavy (non-hydrogen) atoms. The maximum Gasteiger partial charge on any atom is 0.0768 e. The molecular weight excluding hydrogens is 396 g/mol. The van der Waals surface area contributed by atoms with Gasteiger partial charge < -0.3 is 15.7 Å². The number of hydrogen-bond acceptors (Lipinski definition) is 4. The molecule has 6 heterocycles. The fourth-order valence-electron chi connectivity index (χ4n) is 4.06. The maximum atomic E-state index is 6.00. The van der Waals surface area contributed by atoms with Gasteiger partial charge in [-0.3, -0.25) is 4.98 Å². The van der Waals surface area contributed by atoms with E-state index in [2.05, 4.69) is 44.2 Å². The number of pyridine rings is 1. The molecule has 4 N–H and O–H groups in total. The molecule has 6 rings (SSSR count). The third kappa shape index (κ3) is 3.42. The lowest BCUT2D eigenvalue weighted by Gasteiger charge is -2.04. The van der Waals surface area contributed by atoms with Gasteiger partial charge in [-0.1, -0.05) is 6.07 Å². The topological polar surface area (TPSA) is 96.3 Å². The van der Waals surface area contributed by atoms with Crippen molar-refractivity contribution in [2.24, 2.45) is 5.73 Å². The van der Waals surface area contributed by atoms with E-state index in [9.17, 15) is 0 Å². The number of rotatable bonds is 2. The van der Waals surface area contributed by atoms with E-state index in [-0.39, 0.29) is 0 Å². The Morgan fingerprint density at radius 2 is 1.38 bits per heavy atom. The lowest BCUT2D eigenvalue weighted by Crippen LogP contribution is -2.00. The molecule has 154 valence electrons. The number of nitrogens with two attached hydrogens (primary N) is 1. The Balaban J connectivity index is 1.68. The van der Waals surface area contributed by atoms with Crippen LogP contribution in [0.5, 0.6) is 0 Å². The van der Waals surface area contributed by atoms with Crippen LogP contribution in [0, 0.1) is 0 Å². The Bertz CT molecular complexity index is 1570. The van der Waals surface area contributed by atoms with E-state index in [0.717, 1.165) is 61.7 Å². The molecule has 2 aliphatic heterocycles. The van der Waals surface area contributed by atoms with E-state index < -0.39 is 0 Å². The second-order valence-corrected chi connectivity index (χ2v) is 7.80. The van der Waals surface area contributed by atoms with Gasteiger partial charge >= 0.3 is 0 Å². The Morgan fingerprint density at radius 1 is 0.688 bits per heavy atom. The van der Waals surface area contributed by atoms with E-state index in [4.69, 9.17) is 10.7 Å². The zero-order valence-corrected chi connectivity index (χ0v) is 17.2. The first-order chi connectivity index (χ1) is 15.7. The maximum absolute atomic E-state index is 6.00. The van der Waals surface area contributed by atoms with Crippen LogP contribution in [-0.2, 0) is 6.54 Å². The predicted molar refractivity (Wildman–Crippen MR) is 130 cm³/mol.